The molecular formula is C17H14O2. The third kappa shape index (κ3) is 1.76. The van der Waals surface area contributed by atoms with Gasteiger partial charge >= 0.3 is 0 Å². The maximum Gasteiger partial charge on any atom is 0.294 e. The lowest BCUT2D eigenvalue weighted by Gasteiger charge is -2.14. The van der Waals surface area contributed by atoms with Crippen molar-refractivity contribution < 1.29 is 9.53 Å². The number of allylic oxidation sites excluding steroid dienone is 1. The van der Waals surface area contributed by atoms with Gasteiger partial charge in [0.1, 0.15) is 0 Å². The molecule has 2 nitrogen and oxygen atoms in total. The molecule has 0 fully saturated rings. The molecule has 2 aromatic rings. The highest BCUT2D eigenvalue weighted by Gasteiger charge is 2.31. The van der Waals surface area contributed by atoms with Crippen molar-refractivity contribution in [2.75, 3.05) is 0 Å². The van der Waals surface area contributed by atoms with Crippen molar-refractivity contribution in [1.29, 1.82) is 0 Å². The van der Waals surface area contributed by atoms with Crippen LogP contribution in [0.4, 0.5) is 0 Å². The minimum atomic E-state index is -0.292. The zero-order chi connectivity index (χ0) is 13.2. The predicted octanol–water partition coefficient (Wildman–Crippen LogP) is 3.66. The molecule has 0 aromatic heterocycles. The predicted molar refractivity (Wildman–Crippen MR) is 74.8 cm³/mol. The van der Waals surface area contributed by atoms with Crippen LogP contribution in [-0.4, -0.2) is 6.47 Å². The van der Waals surface area contributed by atoms with Crippen molar-refractivity contribution in [3.63, 3.8) is 0 Å². The molecule has 94 valence electrons. The van der Waals surface area contributed by atoms with Gasteiger partial charge in [0.15, 0.2) is 6.10 Å². The number of hydrogen-bond donors (Lipinski definition) is 0. The summed E-state index contributed by atoms with van der Waals surface area (Å²) in [5.74, 6) is 0. The van der Waals surface area contributed by atoms with Crippen LogP contribution in [0.15, 0.2) is 55.1 Å². The van der Waals surface area contributed by atoms with Crippen LogP contribution in [0.3, 0.4) is 0 Å². The van der Waals surface area contributed by atoms with E-state index in [1.165, 1.54) is 0 Å². The molecule has 0 radical (unpaired) electrons. The summed E-state index contributed by atoms with van der Waals surface area (Å²) in [5.41, 5.74) is 5.62. The number of hydrogen-bond acceptors (Lipinski definition) is 2. The van der Waals surface area contributed by atoms with Crippen LogP contribution >= 0.6 is 0 Å². The Morgan fingerprint density at radius 2 is 1.89 bits per heavy atom. The van der Waals surface area contributed by atoms with Crippen molar-refractivity contribution in [2.45, 2.75) is 12.5 Å². The van der Waals surface area contributed by atoms with E-state index in [4.69, 9.17) is 4.74 Å². The topological polar surface area (TPSA) is 26.3 Å². The molecule has 19 heavy (non-hydrogen) atoms. The van der Waals surface area contributed by atoms with Crippen LogP contribution in [-0.2, 0) is 16.0 Å². The molecule has 2 aromatic carbocycles. The molecule has 1 atom stereocenters. The Bertz CT molecular complexity index is 643. The summed E-state index contributed by atoms with van der Waals surface area (Å²) < 4.78 is 5.33. The van der Waals surface area contributed by atoms with Crippen LogP contribution in [0.1, 0.15) is 22.8 Å². The Kier molecular flexibility index (Phi) is 2.92. The van der Waals surface area contributed by atoms with Gasteiger partial charge in [0.2, 0.25) is 0 Å². The number of carbonyl (C=O) groups excluding carboxylic acids is 1. The van der Waals surface area contributed by atoms with Gasteiger partial charge in [-0.3, -0.25) is 4.79 Å². The second kappa shape index (κ2) is 4.73. The summed E-state index contributed by atoms with van der Waals surface area (Å²) in [6.45, 7) is 4.32. The Morgan fingerprint density at radius 1 is 1.11 bits per heavy atom. The summed E-state index contributed by atoms with van der Waals surface area (Å²) in [7, 11) is 0. The van der Waals surface area contributed by atoms with E-state index >= 15 is 0 Å². The van der Waals surface area contributed by atoms with E-state index in [-0.39, 0.29) is 6.10 Å². The quantitative estimate of drug-likeness (QED) is 0.611. The Morgan fingerprint density at radius 3 is 2.68 bits per heavy atom. The third-order valence-electron chi connectivity index (χ3n) is 3.55. The van der Waals surface area contributed by atoms with E-state index in [9.17, 15) is 4.79 Å². The zero-order valence-corrected chi connectivity index (χ0v) is 10.5. The maximum atomic E-state index is 10.8. The fraction of sp³-hybridized carbons (Fsp3) is 0.118. The van der Waals surface area contributed by atoms with E-state index in [0.29, 0.717) is 6.47 Å². The second-order valence-electron chi connectivity index (χ2n) is 4.57. The molecular weight excluding hydrogens is 236 g/mol. The Hall–Kier alpha value is -2.35. The molecule has 0 N–H and O–H groups in total. The first-order valence-electron chi connectivity index (χ1n) is 6.28. The van der Waals surface area contributed by atoms with Gasteiger partial charge in [0.25, 0.3) is 6.47 Å². The molecule has 0 aliphatic heterocycles. The lowest BCUT2D eigenvalue weighted by atomic mass is 9.98. The lowest BCUT2D eigenvalue weighted by molar-refractivity contribution is -0.132. The number of benzene rings is 2. The van der Waals surface area contributed by atoms with Gasteiger partial charge < -0.3 is 4.74 Å². The van der Waals surface area contributed by atoms with Gasteiger partial charge in [-0.1, -0.05) is 48.5 Å². The molecule has 3 rings (SSSR count). The van der Waals surface area contributed by atoms with Crippen LogP contribution in [0, 0.1) is 0 Å². The van der Waals surface area contributed by atoms with Crippen LogP contribution in [0.5, 0.6) is 0 Å². The molecule has 1 aliphatic carbocycles. The molecule has 1 unspecified atom stereocenters. The van der Waals surface area contributed by atoms with E-state index in [1.54, 1.807) is 0 Å². The summed E-state index contributed by atoms with van der Waals surface area (Å²) in [4.78, 5) is 10.8. The SMILES string of the molecule is C=CCc1cccc2c1C(OC=O)c1ccccc1-2. The van der Waals surface area contributed by atoms with Gasteiger partial charge in [-0.2, -0.15) is 0 Å². The summed E-state index contributed by atoms with van der Waals surface area (Å²) >= 11 is 0. The molecule has 0 heterocycles. The monoisotopic (exact) mass is 250 g/mol. The Labute approximate surface area is 112 Å². The first-order chi connectivity index (χ1) is 9.36. The molecule has 0 saturated heterocycles. The highest BCUT2D eigenvalue weighted by molar-refractivity contribution is 5.80. The molecule has 0 bridgehead atoms. The summed E-state index contributed by atoms with van der Waals surface area (Å²) in [6, 6.07) is 14.2. The highest BCUT2D eigenvalue weighted by Crippen LogP contribution is 2.46. The largest absolute Gasteiger partial charge is 0.455 e. The van der Waals surface area contributed by atoms with Crippen LogP contribution in [0.2, 0.25) is 0 Å². The standard InChI is InChI=1S/C17H14O2/c1-2-6-12-7-5-10-14-13-8-3-4-9-15(13)17(16(12)14)19-11-18/h2-5,7-11,17H,1,6H2. The number of fused-ring (bicyclic) bond motifs is 3. The number of carbonyl (C=O) groups is 1. The second-order valence-corrected chi connectivity index (χ2v) is 4.57. The Balaban J connectivity index is 2.24. The highest BCUT2D eigenvalue weighted by atomic mass is 16.5. The number of rotatable bonds is 4. The van der Waals surface area contributed by atoms with Crippen LogP contribution in [0.25, 0.3) is 11.1 Å². The zero-order valence-electron chi connectivity index (χ0n) is 10.5. The van der Waals surface area contributed by atoms with Crippen molar-refractivity contribution in [3.05, 3.63) is 71.8 Å². The fourth-order valence-corrected chi connectivity index (χ4v) is 2.81. The first-order valence-corrected chi connectivity index (χ1v) is 6.28. The third-order valence-corrected chi connectivity index (χ3v) is 3.55. The van der Waals surface area contributed by atoms with Crippen molar-refractivity contribution in [1.82, 2.24) is 0 Å². The minimum Gasteiger partial charge on any atom is -0.455 e. The number of ether oxygens (including phenoxy) is 1. The average Bonchev–Trinajstić information content (AvgIpc) is 2.76. The minimum absolute atomic E-state index is 0.292. The molecule has 0 saturated carbocycles. The van der Waals surface area contributed by atoms with E-state index < -0.39 is 0 Å². The first kappa shape index (κ1) is 11.7. The lowest BCUT2D eigenvalue weighted by Crippen LogP contribution is -2.04. The van der Waals surface area contributed by atoms with E-state index in [1.807, 2.05) is 30.3 Å². The van der Waals surface area contributed by atoms with E-state index in [2.05, 4.69) is 24.8 Å². The maximum absolute atomic E-state index is 10.8. The van der Waals surface area contributed by atoms with Gasteiger partial charge in [0.05, 0.1) is 0 Å². The smallest absolute Gasteiger partial charge is 0.294 e. The van der Waals surface area contributed by atoms with Gasteiger partial charge in [-0.15, -0.1) is 6.58 Å². The van der Waals surface area contributed by atoms with Crippen molar-refractivity contribution in [3.8, 4) is 11.1 Å². The van der Waals surface area contributed by atoms with Crippen molar-refractivity contribution in [2.24, 2.45) is 0 Å². The summed E-state index contributed by atoms with van der Waals surface area (Å²) in [6.07, 6.45) is 2.35. The average molecular weight is 250 g/mol. The normalized spacial score (nSPS) is 15.5. The fourth-order valence-electron chi connectivity index (χ4n) is 2.81. The molecule has 2 heteroatoms. The van der Waals surface area contributed by atoms with Crippen molar-refractivity contribution >= 4 is 6.47 Å². The van der Waals surface area contributed by atoms with Gasteiger partial charge in [-0.25, -0.2) is 0 Å². The molecule has 0 amide bonds. The molecule has 0 spiro atoms. The van der Waals surface area contributed by atoms with Gasteiger partial charge in [-0.05, 0) is 23.1 Å². The molecule has 1 aliphatic rings. The van der Waals surface area contributed by atoms with Gasteiger partial charge in [0, 0.05) is 11.1 Å². The van der Waals surface area contributed by atoms with E-state index in [0.717, 1.165) is 34.2 Å². The van der Waals surface area contributed by atoms with Crippen LogP contribution < -0.4 is 0 Å². The summed E-state index contributed by atoms with van der Waals surface area (Å²) in [5, 5.41) is 0.